The largest absolute Gasteiger partial charge is 0.292 e. The van der Waals surface area contributed by atoms with Gasteiger partial charge in [-0.15, -0.1) is 0 Å². The third kappa shape index (κ3) is 1.07. The van der Waals surface area contributed by atoms with Crippen LogP contribution >= 0.6 is 0 Å². The van der Waals surface area contributed by atoms with E-state index >= 15 is 0 Å². The highest BCUT2D eigenvalue weighted by Gasteiger charge is 2.20. The molecule has 3 heteroatoms. The Morgan fingerprint density at radius 2 is 2.10 bits per heavy atom. The van der Waals surface area contributed by atoms with E-state index in [1.165, 1.54) is 0 Å². The summed E-state index contributed by atoms with van der Waals surface area (Å²) in [5, 5.41) is 2.23. The molecule has 0 saturated carbocycles. The van der Waals surface area contributed by atoms with E-state index in [9.17, 15) is 9.59 Å². The number of carbonyl (C=O) groups excluding carboxylic acids is 2. The minimum atomic E-state index is -0.275. The van der Waals surface area contributed by atoms with Crippen molar-refractivity contribution in [1.82, 2.24) is 5.32 Å². The first-order valence-electron chi connectivity index (χ1n) is 3.15. The summed E-state index contributed by atoms with van der Waals surface area (Å²) in [5.74, 6) is -0.656. The maximum atomic E-state index is 10.8. The Morgan fingerprint density at radius 1 is 1.50 bits per heavy atom. The Kier molecular flexibility index (Phi) is 1.57. The number of imide groups is 1. The summed E-state index contributed by atoms with van der Waals surface area (Å²) in [6.07, 6.45) is 1.67. The minimum Gasteiger partial charge on any atom is -0.292 e. The molecule has 1 rings (SSSR count). The van der Waals surface area contributed by atoms with Gasteiger partial charge in [0.2, 0.25) is 5.91 Å². The second-order valence-corrected chi connectivity index (χ2v) is 2.46. The first kappa shape index (κ1) is 6.99. The average Bonchev–Trinajstić information content (AvgIpc) is 1.84. The number of hydrogen-bond donors (Lipinski definition) is 1. The number of nitrogens with one attached hydrogen (secondary N) is 1. The van der Waals surface area contributed by atoms with Gasteiger partial charge in [-0.2, -0.15) is 0 Å². The third-order valence-corrected chi connectivity index (χ3v) is 1.51. The smallest absolute Gasteiger partial charge is 0.253 e. The van der Waals surface area contributed by atoms with Crippen molar-refractivity contribution in [3.63, 3.8) is 0 Å². The molecule has 54 valence electrons. The van der Waals surface area contributed by atoms with Gasteiger partial charge in [0.05, 0.1) is 5.92 Å². The summed E-state index contributed by atoms with van der Waals surface area (Å²) in [5.41, 5.74) is 0.618. The summed E-state index contributed by atoms with van der Waals surface area (Å²) < 4.78 is 0. The van der Waals surface area contributed by atoms with Crippen LogP contribution < -0.4 is 5.32 Å². The lowest BCUT2D eigenvalue weighted by Gasteiger charge is -2.13. The molecule has 0 aromatic rings. The molecule has 1 unspecified atom stereocenters. The van der Waals surface area contributed by atoms with Crippen LogP contribution in [0.3, 0.4) is 0 Å². The SMILES string of the molecule is CC1=CC(C)C(=O)NC1=O. The zero-order chi connectivity index (χ0) is 7.72. The molecule has 10 heavy (non-hydrogen) atoms. The Hall–Kier alpha value is -1.12. The predicted molar refractivity (Wildman–Crippen MR) is 36.1 cm³/mol. The lowest BCUT2D eigenvalue weighted by Crippen LogP contribution is -2.38. The Labute approximate surface area is 59.1 Å². The minimum absolute atomic E-state index is 0.169. The molecule has 0 aliphatic carbocycles. The highest BCUT2D eigenvalue weighted by molar-refractivity contribution is 6.07. The lowest BCUT2D eigenvalue weighted by atomic mass is 10.0. The number of hydrogen-bond acceptors (Lipinski definition) is 2. The molecule has 0 fully saturated rings. The number of amides is 2. The van der Waals surface area contributed by atoms with E-state index < -0.39 is 0 Å². The second kappa shape index (κ2) is 2.25. The van der Waals surface area contributed by atoms with Crippen molar-refractivity contribution >= 4 is 11.8 Å². The van der Waals surface area contributed by atoms with Crippen LogP contribution in [-0.2, 0) is 9.59 Å². The van der Waals surface area contributed by atoms with Crippen LogP contribution in [0.2, 0.25) is 0 Å². The fourth-order valence-corrected chi connectivity index (χ4v) is 0.851. The highest BCUT2D eigenvalue weighted by Crippen LogP contribution is 2.08. The van der Waals surface area contributed by atoms with Crippen LogP contribution in [0.4, 0.5) is 0 Å². The van der Waals surface area contributed by atoms with E-state index in [4.69, 9.17) is 0 Å². The maximum Gasteiger partial charge on any atom is 0.253 e. The predicted octanol–water partition coefficient (Wildman–Crippen LogP) is 0.225. The molecular formula is C7H9NO2. The van der Waals surface area contributed by atoms with E-state index in [0.29, 0.717) is 5.57 Å². The number of carbonyl (C=O) groups is 2. The van der Waals surface area contributed by atoms with Crippen LogP contribution in [0, 0.1) is 5.92 Å². The standard InChI is InChI=1S/C7H9NO2/c1-4-3-5(2)7(10)8-6(4)9/h3-4H,1-2H3,(H,8,9,10). The van der Waals surface area contributed by atoms with Crippen LogP contribution in [0.15, 0.2) is 11.6 Å². The zero-order valence-corrected chi connectivity index (χ0v) is 5.97. The molecule has 0 aromatic heterocycles. The normalized spacial score (nSPS) is 25.8. The molecule has 1 N–H and O–H groups in total. The van der Waals surface area contributed by atoms with Crippen molar-refractivity contribution in [2.45, 2.75) is 13.8 Å². The lowest BCUT2D eigenvalue weighted by molar-refractivity contribution is -0.130. The van der Waals surface area contributed by atoms with Gasteiger partial charge in [-0.25, -0.2) is 0 Å². The molecule has 0 spiro atoms. The van der Waals surface area contributed by atoms with Gasteiger partial charge < -0.3 is 0 Å². The van der Waals surface area contributed by atoms with Gasteiger partial charge in [-0.05, 0) is 6.92 Å². The van der Waals surface area contributed by atoms with E-state index in [-0.39, 0.29) is 17.7 Å². The van der Waals surface area contributed by atoms with Crippen molar-refractivity contribution < 1.29 is 9.59 Å². The molecule has 2 amide bonds. The van der Waals surface area contributed by atoms with Gasteiger partial charge in [-0.3, -0.25) is 14.9 Å². The van der Waals surface area contributed by atoms with Crippen molar-refractivity contribution in [2.24, 2.45) is 5.92 Å². The Balaban J connectivity index is 2.89. The van der Waals surface area contributed by atoms with Crippen molar-refractivity contribution in [1.29, 1.82) is 0 Å². The van der Waals surface area contributed by atoms with Gasteiger partial charge in [0.1, 0.15) is 0 Å². The molecule has 1 heterocycles. The van der Waals surface area contributed by atoms with Crippen LogP contribution in [0.1, 0.15) is 13.8 Å². The van der Waals surface area contributed by atoms with Gasteiger partial charge in [0.25, 0.3) is 5.91 Å². The summed E-state index contributed by atoms with van der Waals surface area (Å²) in [7, 11) is 0. The van der Waals surface area contributed by atoms with Crippen molar-refractivity contribution in [2.75, 3.05) is 0 Å². The summed E-state index contributed by atoms with van der Waals surface area (Å²) in [6.45, 7) is 3.45. The fraction of sp³-hybridized carbons (Fsp3) is 0.429. The number of rotatable bonds is 0. The molecule has 0 radical (unpaired) electrons. The Bertz CT molecular complexity index is 218. The molecular weight excluding hydrogens is 130 g/mol. The molecule has 1 aliphatic rings. The highest BCUT2D eigenvalue weighted by atomic mass is 16.2. The van der Waals surface area contributed by atoms with E-state index in [1.807, 2.05) is 0 Å². The van der Waals surface area contributed by atoms with Gasteiger partial charge >= 0.3 is 0 Å². The van der Waals surface area contributed by atoms with Crippen LogP contribution in [-0.4, -0.2) is 11.8 Å². The topological polar surface area (TPSA) is 46.2 Å². The maximum absolute atomic E-state index is 10.8. The molecule has 0 saturated heterocycles. The third-order valence-electron chi connectivity index (χ3n) is 1.51. The molecule has 0 aromatic carbocycles. The van der Waals surface area contributed by atoms with Crippen LogP contribution in [0.25, 0.3) is 0 Å². The average molecular weight is 139 g/mol. The first-order valence-corrected chi connectivity index (χ1v) is 3.15. The molecule has 0 bridgehead atoms. The monoisotopic (exact) mass is 139 g/mol. The fourth-order valence-electron chi connectivity index (χ4n) is 0.851. The van der Waals surface area contributed by atoms with Crippen molar-refractivity contribution in [3.8, 4) is 0 Å². The van der Waals surface area contributed by atoms with Gasteiger partial charge in [-0.1, -0.05) is 13.0 Å². The van der Waals surface area contributed by atoms with Gasteiger partial charge in [0.15, 0.2) is 0 Å². The quantitative estimate of drug-likeness (QED) is 0.488. The molecule has 3 nitrogen and oxygen atoms in total. The molecule has 1 aliphatic heterocycles. The van der Waals surface area contributed by atoms with Crippen molar-refractivity contribution in [3.05, 3.63) is 11.6 Å². The summed E-state index contributed by atoms with van der Waals surface area (Å²) in [6, 6.07) is 0. The van der Waals surface area contributed by atoms with E-state index in [0.717, 1.165) is 0 Å². The second-order valence-electron chi connectivity index (χ2n) is 2.46. The van der Waals surface area contributed by atoms with Gasteiger partial charge in [0, 0.05) is 5.57 Å². The van der Waals surface area contributed by atoms with Crippen LogP contribution in [0.5, 0.6) is 0 Å². The molecule has 1 atom stereocenters. The zero-order valence-electron chi connectivity index (χ0n) is 5.97. The van der Waals surface area contributed by atoms with E-state index in [1.54, 1.807) is 19.9 Å². The van der Waals surface area contributed by atoms with E-state index in [2.05, 4.69) is 5.32 Å². The first-order chi connectivity index (χ1) is 4.61. The Morgan fingerprint density at radius 3 is 2.60 bits per heavy atom. The summed E-state index contributed by atoms with van der Waals surface area (Å²) >= 11 is 0. The summed E-state index contributed by atoms with van der Waals surface area (Å²) in [4.78, 5) is 21.5.